The Morgan fingerprint density at radius 1 is 1.44 bits per heavy atom. The van der Waals surface area contributed by atoms with Gasteiger partial charge in [-0.2, -0.15) is 0 Å². The van der Waals surface area contributed by atoms with Gasteiger partial charge in [0.25, 0.3) is 0 Å². The molecular weight excluding hydrogens is 204 g/mol. The first kappa shape index (κ1) is 10.9. The molecule has 1 fully saturated rings. The van der Waals surface area contributed by atoms with Crippen LogP contribution in [0, 0.1) is 6.92 Å². The first-order valence-electron chi connectivity index (χ1n) is 5.58. The standard InChI is InChI=1S/C11H16N4O/c1-8-6-10(14-7-13-8)15-9-4-2-3-5-12-11(9)16/h6-7,9H,2-5H2,1H3,(H,12,16)(H,13,14,15). The fraction of sp³-hybridized carbons (Fsp3) is 0.545. The summed E-state index contributed by atoms with van der Waals surface area (Å²) in [5.74, 6) is 0.781. The zero-order chi connectivity index (χ0) is 11.4. The van der Waals surface area contributed by atoms with Gasteiger partial charge in [0.2, 0.25) is 5.91 Å². The summed E-state index contributed by atoms with van der Waals surface area (Å²) in [6, 6.07) is 1.68. The highest BCUT2D eigenvalue weighted by atomic mass is 16.2. The van der Waals surface area contributed by atoms with Crippen molar-refractivity contribution in [3.05, 3.63) is 18.1 Å². The van der Waals surface area contributed by atoms with E-state index in [1.54, 1.807) is 0 Å². The second-order valence-electron chi connectivity index (χ2n) is 4.03. The molecule has 0 saturated carbocycles. The topological polar surface area (TPSA) is 66.9 Å². The van der Waals surface area contributed by atoms with Gasteiger partial charge in [0.1, 0.15) is 18.2 Å². The maximum Gasteiger partial charge on any atom is 0.242 e. The van der Waals surface area contributed by atoms with E-state index in [-0.39, 0.29) is 11.9 Å². The first-order valence-corrected chi connectivity index (χ1v) is 5.58. The lowest BCUT2D eigenvalue weighted by atomic mass is 10.1. The molecule has 0 aliphatic carbocycles. The Hall–Kier alpha value is -1.65. The van der Waals surface area contributed by atoms with Crippen molar-refractivity contribution >= 4 is 11.7 Å². The number of hydrogen-bond donors (Lipinski definition) is 2. The van der Waals surface area contributed by atoms with Gasteiger partial charge in [-0.05, 0) is 26.2 Å². The van der Waals surface area contributed by atoms with Gasteiger partial charge in [0, 0.05) is 18.3 Å². The first-order chi connectivity index (χ1) is 7.75. The molecule has 1 unspecified atom stereocenters. The molecule has 86 valence electrons. The Kier molecular flexibility index (Phi) is 3.34. The van der Waals surface area contributed by atoms with E-state index in [1.165, 1.54) is 6.33 Å². The molecule has 1 amide bonds. The summed E-state index contributed by atoms with van der Waals surface area (Å²) in [6.45, 7) is 2.68. The smallest absolute Gasteiger partial charge is 0.242 e. The van der Waals surface area contributed by atoms with Gasteiger partial charge < -0.3 is 10.6 Å². The van der Waals surface area contributed by atoms with Crippen LogP contribution in [0.1, 0.15) is 25.0 Å². The molecular formula is C11H16N4O. The third kappa shape index (κ3) is 2.68. The van der Waals surface area contributed by atoms with Gasteiger partial charge in [-0.1, -0.05) is 0 Å². The average molecular weight is 220 g/mol. The molecule has 0 bridgehead atoms. The van der Waals surface area contributed by atoms with Crippen LogP contribution < -0.4 is 10.6 Å². The fourth-order valence-corrected chi connectivity index (χ4v) is 1.79. The summed E-state index contributed by atoms with van der Waals surface area (Å²) in [5.41, 5.74) is 0.895. The van der Waals surface area contributed by atoms with Gasteiger partial charge in [-0.3, -0.25) is 4.79 Å². The molecule has 1 atom stereocenters. The van der Waals surface area contributed by atoms with Crippen molar-refractivity contribution in [2.45, 2.75) is 32.2 Å². The van der Waals surface area contributed by atoms with Crippen molar-refractivity contribution in [3.8, 4) is 0 Å². The van der Waals surface area contributed by atoms with Gasteiger partial charge in [0.05, 0.1) is 0 Å². The molecule has 0 aromatic carbocycles. The number of hydrogen-bond acceptors (Lipinski definition) is 4. The minimum atomic E-state index is -0.170. The van der Waals surface area contributed by atoms with E-state index in [1.807, 2.05) is 13.0 Å². The molecule has 2 rings (SSSR count). The number of rotatable bonds is 2. The summed E-state index contributed by atoms with van der Waals surface area (Å²) in [4.78, 5) is 19.8. The third-order valence-corrected chi connectivity index (χ3v) is 2.66. The van der Waals surface area contributed by atoms with Crippen LogP contribution in [0.4, 0.5) is 5.82 Å². The van der Waals surface area contributed by atoms with Crippen molar-refractivity contribution in [1.29, 1.82) is 0 Å². The lowest BCUT2D eigenvalue weighted by Crippen LogP contribution is -2.38. The Morgan fingerprint density at radius 3 is 3.12 bits per heavy atom. The maximum atomic E-state index is 11.7. The van der Waals surface area contributed by atoms with E-state index in [9.17, 15) is 4.79 Å². The number of carbonyl (C=O) groups excluding carboxylic acids is 1. The van der Waals surface area contributed by atoms with Crippen LogP contribution in [-0.4, -0.2) is 28.5 Å². The Bertz CT molecular complexity index is 380. The number of amides is 1. The zero-order valence-electron chi connectivity index (χ0n) is 9.36. The minimum absolute atomic E-state index is 0.0637. The molecule has 2 N–H and O–H groups in total. The molecule has 0 radical (unpaired) electrons. The lowest BCUT2D eigenvalue weighted by Gasteiger charge is -2.15. The summed E-state index contributed by atoms with van der Waals surface area (Å²) in [5, 5.41) is 6.03. The second-order valence-corrected chi connectivity index (χ2v) is 4.03. The predicted octanol–water partition coefficient (Wildman–Crippen LogP) is 0.866. The average Bonchev–Trinajstić information content (AvgIpc) is 2.45. The number of nitrogens with one attached hydrogen (secondary N) is 2. The van der Waals surface area contributed by atoms with Crippen molar-refractivity contribution in [3.63, 3.8) is 0 Å². The fourth-order valence-electron chi connectivity index (χ4n) is 1.79. The van der Waals surface area contributed by atoms with Crippen molar-refractivity contribution in [1.82, 2.24) is 15.3 Å². The lowest BCUT2D eigenvalue weighted by molar-refractivity contribution is -0.121. The Morgan fingerprint density at radius 2 is 2.31 bits per heavy atom. The van der Waals surface area contributed by atoms with Crippen LogP contribution in [0.5, 0.6) is 0 Å². The second kappa shape index (κ2) is 4.92. The highest BCUT2D eigenvalue weighted by Crippen LogP contribution is 2.11. The normalized spacial score (nSPS) is 21.1. The van der Waals surface area contributed by atoms with Crippen molar-refractivity contribution < 1.29 is 4.79 Å². The van der Waals surface area contributed by atoms with Crippen LogP contribution >= 0.6 is 0 Å². The monoisotopic (exact) mass is 220 g/mol. The molecule has 1 aliphatic heterocycles. The molecule has 2 heterocycles. The minimum Gasteiger partial charge on any atom is -0.358 e. The molecule has 1 saturated heterocycles. The SMILES string of the molecule is Cc1cc(NC2CCCCNC2=O)ncn1. The Balaban J connectivity index is 2.05. The van der Waals surface area contributed by atoms with E-state index < -0.39 is 0 Å². The van der Waals surface area contributed by atoms with E-state index in [0.29, 0.717) is 0 Å². The quantitative estimate of drug-likeness (QED) is 0.776. The number of anilines is 1. The highest BCUT2D eigenvalue weighted by Gasteiger charge is 2.20. The summed E-state index contributed by atoms with van der Waals surface area (Å²) < 4.78 is 0. The summed E-state index contributed by atoms with van der Waals surface area (Å²) in [7, 11) is 0. The highest BCUT2D eigenvalue weighted by molar-refractivity contribution is 5.84. The van der Waals surface area contributed by atoms with Gasteiger partial charge in [-0.15, -0.1) is 0 Å². The van der Waals surface area contributed by atoms with E-state index in [0.717, 1.165) is 37.3 Å². The van der Waals surface area contributed by atoms with E-state index in [4.69, 9.17) is 0 Å². The van der Waals surface area contributed by atoms with Crippen LogP contribution in [-0.2, 0) is 4.79 Å². The van der Waals surface area contributed by atoms with Crippen LogP contribution in [0.2, 0.25) is 0 Å². The molecule has 1 aliphatic rings. The molecule has 0 spiro atoms. The zero-order valence-corrected chi connectivity index (χ0v) is 9.36. The van der Waals surface area contributed by atoms with Crippen LogP contribution in [0.15, 0.2) is 12.4 Å². The predicted molar refractivity (Wildman–Crippen MR) is 61.0 cm³/mol. The summed E-state index contributed by atoms with van der Waals surface area (Å²) >= 11 is 0. The molecule has 1 aromatic rings. The number of nitrogens with zero attached hydrogens (tertiary/aromatic N) is 2. The van der Waals surface area contributed by atoms with E-state index >= 15 is 0 Å². The Labute approximate surface area is 94.7 Å². The number of aromatic nitrogens is 2. The van der Waals surface area contributed by atoms with Crippen LogP contribution in [0.3, 0.4) is 0 Å². The maximum absolute atomic E-state index is 11.7. The molecule has 16 heavy (non-hydrogen) atoms. The van der Waals surface area contributed by atoms with Gasteiger partial charge in [0.15, 0.2) is 0 Å². The number of carbonyl (C=O) groups is 1. The van der Waals surface area contributed by atoms with Crippen molar-refractivity contribution in [2.24, 2.45) is 0 Å². The van der Waals surface area contributed by atoms with Crippen LogP contribution in [0.25, 0.3) is 0 Å². The van der Waals surface area contributed by atoms with Crippen molar-refractivity contribution in [2.75, 3.05) is 11.9 Å². The largest absolute Gasteiger partial charge is 0.358 e. The molecule has 5 nitrogen and oxygen atoms in total. The molecule has 5 heteroatoms. The third-order valence-electron chi connectivity index (χ3n) is 2.66. The number of aryl methyl sites for hydroxylation is 1. The summed E-state index contributed by atoms with van der Waals surface area (Å²) in [6.07, 6.45) is 4.47. The molecule has 1 aromatic heterocycles. The van der Waals surface area contributed by atoms with Gasteiger partial charge in [-0.25, -0.2) is 9.97 Å². The van der Waals surface area contributed by atoms with Gasteiger partial charge >= 0.3 is 0 Å². The van der Waals surface area contributed by atoms with E-state index in [2.05, 4.69) is 20.6 Å².